The number of nitrogens with one attached hydrogen (secondary N) is 1. The second-order valence-corrected chi connectivity index (χ2v) is 8.78. The van der Waals surface area contributed by atoms with E-state index in [1.807, 2.05) is 11.6 Å². The van der Waals surface area contributed by atoms with Gasteiger partial charge in [-0.25, -0.2) is 0 Å². The highest BCUT2D eigenvalue weighted by atomic mass is 16.1. The summed E-state index contributed by atoms with van der Waals surface area (Å²) in [6.45, 7) is 13.2. The minimum absolute atomic E-state index is 0.0630. The van der Waals surface area contributed by atoms with Gasteiger partial charge >= 0.3 is 0 Å². The number of benzene rings is 1. The predicted octanol–water partition coefficient (Wildman–Crippen LogP) is 4.00. The second kappa shape index (κ2) is 10.1. The maximum Gasteiger partial charge on any atom is 0.224 e. The highest BCUT2D eigenvalue weighted by Gasteiger charge is 2.16. The number of hydrogen-bond acceptors (Lipinski definition) is 3. The number of likely N-dealkylation sites (tertiary alicyclic amines) is 1. The molecule has 0 saturated carbocycles. The molecule has 0 bridgehead atoms. The van der Waals surface area contributed by atoms with Gasteiger partial charge in [0.25, 0.3) is 0 Å². The zero-order chi connectivity index (χ0) is 20.8. The fraction of sp³-hybridized carbons (Fsp3) is 0.583. The molecule has 1 aliphatic rings. The monoisotopic (exact) mass is 396 g/mol. The number of aryl methyl sites for hydroxylation is 1. The Labute approximate surface area is 175 Å². The normalized spacial score (nSPS) is 15.1. The Morgan fingerprint density at radius 1 is 1.10 bits per heavy atom. The molecule has 0 aliphatic carbocycles. The Hall–Kier alpha value is -2.14. The van der Waals surface area contributed by atoms with Crippen LogP contribution < -0.4 is 5.32 Å². The summed E-state index contributed by atoms with van der Waals surface area (Å²) < 4.78 is 2.04. The van der Waals surface area contributed by atoms with E-state index in [0.717, 1.165) is 30.0 Å². The molecule has 0 atom stereocenters. The van der Waals surface area contributed by atoms with Crippen molar-refractivity contribution in [3.63, 3.8) is 0 Å². The first-order chi connectivity index (χ1) is 13.9. The van der Waals surface area contributed by atoms with Crippen LogP contribution in [0.2, 0.25) is 0 Å². The van der Waals surface area contributed by atoms with Crippen molar-refractivity contribution in [3.8, 4) is 0 Å². The van der Waals surface area contributed by atoms with Crippen LogP contribution in [0, 0.1) is 19.8 Å². The number of carbonyl (C=O) groups excluding carboxylic acids is 1. The van der Waals surface area contributed by atoms with E-state index in [1.54, 1.807) is 0 Å². The zero-order valence-electron chi connectivity index (χ0n) is 18.5. The fourth-order valence-corrected chi connectivity index (χ4v) is 4.17. The van der Waals surface area contributed by atoms with Crippen molar-refractivity contribution in [3.05, 3.63) is 52.3 Å². The summed E-state index contributed by atoms with van der Waals surface area (Å²) in [6, 6.07) is 8.49. The van der Waals surface area contributed by atoms with E-state index < -0.39 is 0 Å². The lowest BCUT2D eigenvalue weighted by molar-refractivity contribution is -0.120. The fourth-order valence-electron chi connectivity index (χ4n) is 4.17. The van der Waals surface area contributed by atoms with Gasteiger partial charge in [0.05, 0.1) is 12.1 Å². The molecule has 2 heterocycles. The average Bonchev–Trinajstić information content (AvgIpc) is 2.95. The van der Waals surface area contributed by atoms with Crippen LogP contribution in [0.4, 0.5) is 0 Å². The van der Waals surface area contributed by atoms with Crippen LogP contribution in [-0.4, -0.2) is 33.7 Å². The van der Waals surface area contributed by atoms with E-state index in [4.69, 9.17) is 0 Å². The summed E-state index contributed by atoms with van der Waals surface area (Å²) >= 11 is 0. The number of hydrogen-bond donors (Lipinski definition) is 1. The van der Waals surface area contributed by atoms with Gasteiger partial charge < -0.3 is 5.32 Å². The lowest BCUT2D eigenvalue weighted by Crippen LogP contribution is -2.30. The predicted molar refractivity (Wildman–Crippen MR) is 118 cm³/mol. The lowest BCUT2D eigenvalue weighted by atomic mass is 10.0. The molecule has 1 N–H and O–H groups in total. The van der Waals surface area contributed by atoms with E-state index in [9.17, 15) is 4.79 Å². The van der Waals surface area contributed by atoms with Crippen molar-refractivity contribution < 1.29 is 4.79 Å². The molecule has 5 heteroatoms. The molecule has 29 heavy (non-hydrogen) atoms. The Balaban J connectivity index is 1.59. The standard InChI is InChI=1S/C24H36N4O/c1-18(2)16-28-20(4)23(19(3)26-28)14-24(29)25-15-21-10-6-7-11-22(21)17-27-12-8-5-9-13-27/h6-7,10-11,18H,5,8-9,12-17H2,1-4H3,(H,25,29). The van der Waals surface area contributed by atoms with E-state index in [1.165, 1.54) is 43.5 Å². The van der Waals surface area contributed by atoms with Crippen LogP contribution in [0.1, 0.15) is 61.2 Å². The van der Waals surface area contributed by atoms with Gasteiger partial charge in [-0.1, -0.05) is 44.5 Å². The molecule has 1 aromatic carbocycles. The number of carbonyl (C=O) groups is 1. The topological polar surface area (TPSA) is 50.2 Å². The highest BCUT2D eigenvalue weighted by Crippen LogP contribution is 2.17. The van der Waals surface area contributed by atoms with Gasteiger partial charge in [-0.3, -0.25) is 14.4 Å². The maximum atomic E-state index is 12.7. The smallest absolute Gasteiger partial charge is 0.224 e. The summed E-state index contributed by atoms with van der Waals surface area (Å²) in [7, 11) is 0. The zero-order valence-corrected chi connectivity index (χ0v) is 18.5. The van der Waals surface area contributed by atoms with E-state index in [-0.39, 0.29) is 5.91 Å². The van der Waals surface area contributed by atoms with Crippen molar-refractivity contribution in [1.29, 1.82) is 0 Å². The lowest BCUT2D eigenvalue weighted by Gasteiger charge is -2.27. The average molecular weight is 397 g/mol. The van der Waals surface area contributed by atoms with Crippen LogP contribution >= 0.6 is 0 Å². The quantitative estimate of drug-likeness (QED) is 0.734. The molecule has 0 radical (unpaired) electrons. The van der Waals surface area contributed by atoms with Crippen LogP contribution in [0.15, 0.2) is 24.3 Å². The highest BCUT2D eigenvalue weighted by molar-refractivity contribution is 5.79. The third-order valence-electron chi connectivity index (χ3n) is 5.84. The van der Waals surface area contributed by atoms with Gasteiger partial charge in [-0.2, -0.15) is 5.10 Å². The third kappa shape index (κ3) is 5.92. The SMILES string of the molecule is Cc1nn(CC(C)C)c(C)c1CC(=O)NCc1ccccc1CN1CCCCC1. The molecule has 1 fully saturated rings. The van der Waals surface area contributed by atoms with Crippen molar-refractivity contribution in [1.82, 2.24) is 20.0 Å². The summed E-state index contributed by atoms with van der Waals surface area (Å²) in [4.78, 5) is 15.2. The first-order valence-corrected chi connectivity index (χ1v) is 11.0. The number of nitrogens with zero attached hydrogens (tertiary/aromatic N) is 3. The summed E-state index contributed by atoms with van der Waals surface area (Å²) in [6.07, 6.45) is 4.33. The Morgan fingerprint density at radius 3 is 2.48 bits per heavy atom. The molecule has 5 nitrogen and oxygen atoms in total. The van der Waals surface area contributed by atoms with Gasteiger partial charge in [0.15, 0.2) is 0 Å². The molecular weight excluding hydrogens is 360 g/mol. The van der Waals surface area contributed by atoms with E-state index in [2.05, 4.69) is 60.4 Å². The molecule has 3 rings (SSSR count). The van der Waals surface area contributed by atoms with Gasteiger partial charge in [-0.05, 0) is 56.8 Å². The molecule has 0 spiro atoms. The number of piperidine rings is 1. The van der Waals surface area contributed by atoms with E-state index >= 15 is 0 Å². The number of aromatic nitrogens is 2. The molecule has 1 saturated heterocycles. The van der Waals surface area contributed by atoms with Gasteiger partial charge in [0.2, 0.25) is 5.91 Å². The van der Waals surface area contributed by atoms with Crippen molar-refractivity contribution in [2.24, 2.45) is 5.92 Å². The maximum absolute atomic E-state index is 12.7. The Morgan fingerprint density at radius 2 is 1.79 bits per heavy atom. The number of amides is 1. The van der Waals surface area contributed by atoms with Gasteiger partial charge in [-0.15, -0.1) is 0 Å². The summed E-state index contributed by atoms with van der Waals surface area (Å²) in [5.74, 6) is 0.596. The molecule has 158 valence electrons. The van der Waals surface area contributed by atoms with Crippen LogP contribution in [0.5, 0.6) is 0 Å². The third-order valence-corrected chi connectivity index (χ3v) is 5.84. The van der Waals surface area contributed by atoms with Crippen LogP contribution in [0.25, 0.3) is 0 Å². The molecule has 1 amide bonds. The minimum atomic E-state index is 0.0630. The first-order valence-electron chi connectivity index (χ1n) is 11.0. The molecule has 0 unspecified atom stereocenters. The number of rotatable bonds is 8. The Bertz CT molecular complexity index is 818. The molecule has 1 aliphatic heterocycles. The largest absolute Gasteiger partial charge is 0.352 e. The first kappa shape index (κ1) is 21.6. The Kier molecular flexibility index (Phi) is 7.48. The minimum Gasteiger partial charge on any atom is -0.352 e. The van der Waals surface area contributed by atoms with Crippen LogP contribution in [0.3, 0.4) is 0 Å². The van der Waals surface area contributed by atoms with Crippen molar-refractivity contribution in [2.75, 3.05) is 13.1 Å². The van der Waals surface area contributed by atoms with Crippen molar-refractivity contribution in [2.45, 2.75) is 73.0 Å². The van der Waals surface area contributed by atoms with E-state index in [0.29, 0.717) is 18.9 Å². The van der Waals surface area contributed by atoms with Crippen molar-refractivity contribution >= 4 is 5.91 Å². The molecular formula is C24H36N4O. The summed E-state index contributed by atoms with van der Waals surface area (Å²) in [5.41, 5.74) is 5.67. The second-order valence-electron chi connectivity index (χ2n) is 8.78. The van der Waals surface area contributed by atoms with Gasteiger partial charge in [0.1, 0.15) is 0 Å². The van der Waals surface area contributed by atoms with Crippen LogP contribution in [-0.2, 0) is 30.8 Å². The van der Waals surface area contributed by atoms with Gasteiger partial charge in [0, 0.05) is 30.9 Å². The summed E-state index contributed by atoms with van der Waals surface area (Å²) in [5, 5.41) is 7.77. The molecule has 1 aromatic heterocycles. The molecule has 2 aromatic rings.